The maximum absolute atomic E-state index is 12.4. The zero-order chi connectivity index (χ0) is 17.1. The van der Waals surface area contributed by atoms with Gasteiger partial charge in [0.25, 0.3) is 5.91 Å². The molecule has 0 aliphatic heterocycles. The lowest BCUT2D eigenvalue weighted by atomic mass is 10.1. The summed E-state index contributed by atoms with van der Waals surface area (Å²) >= 11 is 1.07. The van der Waals surface area contributed by atoms with Crippen LogP contribution < -0.4 is 10.9 Å². The Labute approximate surface area is 136 Å². The van der Waals surface area contributed by atoms with Gasteiger partial charge in [0.2, 0.25) is 0 Å². The van der Waals surface area contributed by atoms with Crippen molar-refractivity contribution in [1.29, 1.82) is 0 Å². The van der Waals surface area contributed by atoms with Gasteiger partial charge in [-0.25, -0.2) is 14.6 Å². The minimum absolute atomic E-state index is 0.278. The smallest absolute Gasteiger partial charge is 0.348 e. The van der Waals surface area contributed by atoms with Crippen LogP contribution in [0.5, 0.6) is 0 Å². The Kier molecular flexibility index (Phi) is 5.15. The lowest BCUT2D eigenvalue weighted by Crippen LogP contribution is -2.40. The standard InChI is InChI=1S/C15H18N2O5S/c1-4-6-8(14(19)20)16-12(18)11-7(3)10-13(23-11)17-9(5-2)22-15(10)21/h8H,4-6H2,1-3H3,(H,16,18)(H,19,20). The lowest BCUT2D eigenvalue weighted by Gasteiger charge is -2.12. The van der Waals surface area contributed by atoms with Gasteiger partial charge in [-0.15, -0.1) is 11.3 Å². The molecule has 0 aromatic carbocycles. The monoisotopic (exact) mass is 338 g/mol. The fraction of sp³-hybridized carbons (Fsp3) is 0.467. The average molecular weight is 338 g/mol. The number of fused-ring (bicyclic) bond motifs is 1. The highest BCUT2D eigenvalue weighted by Gasteiger charge is 2.24. The SMILES string of the molecule is CCCC(NC(=O)c1sc2nc(CC)oc(=O)c2c1C)C(=O)O. The molecule has 0 saturated heterocycles. The molecule has 1 amide bonds. The van der Waals surface area contributed by atoms with Crippen LogP contribution >= 0.6 is 11.3 Å². The van der Waals surface area contributed by atoms with Gasteiger partial charge in [-0.1, -0.05) is 20.3 Å². The number of thiophene rings is 1. The molecule has 23 heavy (non-hydrogen) atoms. The molecule has 0 bridgehead atoms. The molecular formula is C15H18N2O5S. The second-order valence-electron chi connectivity index (χ2n) is 5.14. The molecular weight excluding hydrogens is 320 g/mol. The maximum atomic E-state index is 12.4. The van der Waals surface area contributed by atoms with E-state index in [9.17, 15) is 14.4 Å². The first-order chi connectivity index (χ1) is 10.9. The highest BCUT2D eigenvalue weighted by Crippen LogP contribution is 2.27. The number of aromatic nitrogens is 1. The summed E-state index contributed by atoms with van der Waals surface area (Å²) in [6.07, 6.45) is 1.44. The van der Waals surface area contributed by atoms with Gasteiger partial charge in [-0.2, -0.15) is 0 Å². The first-order valence-electron chi connectivity index (χ1n) is 7.35. The Bertz CT molecular complexity index is 808. The van der Waals surface area contributed by atoms with Crippen LogP contribution in [0.1, 0.15) is 47.8 Å². The van der Waals surface area contributed by atoms with Crippen LogP contribution in [0.2, 0.25) is 0 Å². The molecule has 2 aromatic rings. The normalized spacial score (nSPS) is 12.3. The number of carbonyl (C=O) groups is 2. The first kappa shape index (κ1) is 17.1. The van der Waals surface area contributed by atoms with Gasteiger partial charge in [0.1, 0.15) is 16.3 Å². The van der Waals surface area contributed by atoms with E-state index in [1.807, 2.05) is 13.8 Å². The zero-order valence-corrected chi connectivity index (χ0v) is 14.0. The molecule has 1 atom stereocenters. The van der Waals surface area contributed by atoms with Crippen LogP contribution in [-0.2, 0) is 11.2 Å². The Morgan fingerprint density at radius 1 is 1.39 bits per heavy atom. The van der Waals surface area contributed by atoms with E-state index in [4.69, 9.17) is 9.52 Å². The van der Waals surface area contributed by atoms with E-state index in [2.05, 4.69) is 10.3 Å². The third-order valence-electron chi connectivity index (χ3n) is 3.46. The van der Waals surface area contributed by atoms with Gasteiger partial charge in [-0.05, 0) is 18.9 Å². The molecule has 0 aliphatic rings. The number of hydrogen-bond acceptors (Lipinski definition) is 6. The van der Waals surface area contributed by atoms with Crippen molar-refractivity contribution in [2.75, 3.05) is 0 Å². The number of aryl methyl sites for hydroxylation is 2. The summed E-state index contributed by atoms with van der Waals surface area (Å²) in [6, 6.07) is -0.951. The average Bonchev–Trinajstić information content (AvgIpc) is 2.84. The summed E-state index contributed by atoms with van der Waals surface area (Å²) in [5.41, 5.74) is -0.0602. The molecule has 7 nitrogen and oxygen atoms in total. The summed E-state index contributed by atoms with van der Waals surface area (Å²) in [5, 5.41) is 11.9. The molecule has 0 spiro atoms. The van der Waals surface area contributed by atoms with E-state index in [0.717, 1.165) is 11.3 Å². The fourth-order valence-corrected chi connectivity index (χ4v) is 3.34. The summed E-state index contributed by atoms with van der Waals surface area (Å²) < 4.78 is 5.09. The number of amides is 1. The van der Waals surface area contributed by atoms with Crippen molar-refractivity contribution in [2.24, 2.45) is 0 Å². The second-order valence-corrected chi connectivity index (χ2v) is 6.14. The molecule has 0 fully saturated rings. The number of carboxylic acids is 1. The molecule has 2 heterocycles. The van der Waals surface area contributed by atoms with E-state index >= 15 is 0 Å². The van der Waals surface area contributed by atoms with Gasteiger partial charge in [0, 0.05) is 6.42 Å². The van der Waals surface area contributed by atoms with Crippen molar-refractivity contribution in [3.63, 3.8) is 0 Å². The number of carboxylic acid groups (broad SMARTS) is 1. The summed E-state index contributed by atoms with van der Waals surface area (Å²) in [6.45, 7) is 5.29. The van der Waals surface area contributed by atoms with Crippen LogP contribution in [-0.4, -0.2) is 28.0 Å². The molecule has 2 aromatic heterocycles. The summed E-state index contributed by atoms with van der Waals surface area (Å²) in [5.74, 6) is -1.28. The van der Waals surface area contributed by atoms with Crippen LogP contribution in [0.3, 0.4) is 0 Å². The Balaban J connectivity index is 2.41. The van der Waals surface area contributed by atoms with E-state index in [1.54, 1.807) is 6.92 Å². The first-order valence-corrected chi connectivity index (χ1v) is 8.17. The van der Waals surface area contributed by atoms with Crippen molar-refractivity contribution < 1.29 is 19.1 Å². The number of carbonyl (C=O) groups excluding carboxylic acids is 1. The molecule has 8 heteroatoms. The van der Waals surface area contributed by atoms with Gasteiger partial charge < -0.3 is 14.8 Å². The molecule has 0 radical (unpaired) electrons. The van der Waals surface area contributed by atoms with Gasteiger partial charge >= 0.3 is 11.6 Å². The Hall–Kier alpha value is -2.22. The molecule has 0 saturated carbocycles. The van der Waals surface area contributed by atoms with Crippen molar-refractivity contribution in [3.05, 3.63) is 26.8 Å². The van der Waals surface area contributed by atoms with E-state index < -0.39 is 23.5 Å². The predicted molar refractivity (Wildman–Crippen MR) is 86.1 cm³/mol. The quantitative estimate of drug-likeness (QED) is 0.835. The Morgan fingerprint density at radius 3 is 2.65 bits per heavy atom. The van der Waals surface area contributed by atoms with E-state index in [-0.39, 0.29) is 10.3 Å². The highest BCUT2D eigenvalue weighted by molar-refractivity contribution is 7.20. The van der Waals surface area contributed by atoms with Gasteiger partial charge in [0.05, 0.1) is 4.88 Å². The minimum Gasteiger partial charge on any atom is -0.480 e. The molecule has 1 unspecified atom stereocenters. The van der Waals surface area contributed by atoms with Crippen molar-refractivity contribution in [1.82, 2.24) is 10.3 Å². The number of nitrogens with zero attached hydrogens (tertiary/aromatic N) is 1. The van der Waals surface area contributed by atoms with Crippen molar-refractivity contribution in [2.45, 2.75) is 46.1 Å². The third kappa shape index (κ3) is 3.42. The molecule has 124 valence electrons. The summed E-state index contributed by atoms with van der Waals surface area (Å²) in [4.78, 5) is 40.5. The summed E-state index contributed by atoms with van der Waals surface area (Å²) in [7, 11) is 0. The van der Waals surface area contributed by atoms with Gasteiger partial charge in [0.15, 0.2) is 5.89 Å². The third-order valence-corrected chi connectivity index (χ3v) is 4.64. The minimum atomic E-state index is -1.08. The topological polar surface area (TPSA) is 110 Å². The maximum Gasteiger partial charge on any atom is 0.348 e. The van der Waals surface area contributed by atoms with Crippen molar-refractivity contribution in [3.8, 4) is 0 Å². The number of nitrogens with one attached hydrogen (secondary N) is 1. The van der Waals surface area contributed by atoms with Crippen molar-refractivity contribution >= 4 is 33.4 Å². The fourth-order valence-electron chi connectivity index (χ4n) is 2.25. The van der Waals surface area contributed by atoms with E-state index in [0.29, 0.717) is 35.5 Å². The second kappa shape index (κ2) is 6.91. The van der Waals surface area contributed by atoms with Crippen LogP contribution in [0.25, 0.3) is 10.2 Å². The number of rotatable bonds is 6. The zero-order valence-electron chi connectivity index (χ0n) is 13.1. The predicted octanol–water partition coefficient (Wildman–Crippen LogP) is 2.10. The molecule has 2 rings (SSSR count). The van der Waals surface area contributed by atoms with Crippen LogP contribution in [0.15, 0.2) is 9.21 Å². The molecule has 2 N–H and O–H groups in total. The lowest BCUT2D eigenvalue weighted by molar-refractivity contribution is -0.139. The van der Waals surface area contributed by atoms with Gasteiger partial charge in [-0.3, -0.25) is 4.79 Å². The number of aliphatic carboxylic acids is 1. The molecule has 0 aliphatic carbocycles. The Morgan fingerprint density at radius 2 is 2.09 bits per heavy atom. The van der Waals surface area contributed by atoms with Crippen LogP contribution in [0.4, 0.5) is 0 Å². The number of hydrogen-bond donors (Lipinski definition) is 2. The largest absolute Gasteiger partial charge is 0.480 e. The van der Waals surface area contributed by atoms with E-state index in [1.165, 1.54) is 0 Å². The van der Waals surface area contributed by atoms with Crippen LogP contribution in [0, 0.1) is 6.92 Å². The highest BCUT2D eigenvalue weighted by atomic mass is 32.1.